The molecule has 7 nitrogen and oxygen atoms in total. The van der Waals surface area contributed by atoms with E-state index in [4.69, 9.17) is 9.47 Å². The summed E-state index contributed by atoms with van der Waals surface area (Å²) in [5.74, 6) is -1.19. The number of nitrogens with one attached hydrogen (secondary N) is 2. The summed E-state index contributed by atoms with van der Waals surface area (Å²) in [6.45, 7) is 8.55. The predicted molar refractivity (Wildman–Crippen MR) is 108 cm³/mol. The summed E-state index contributed by atoms with van der Waals surface area (Å²) in [5, 5.41) is 3.18. The molecule has 0 bridgehead atoms. The van der Waals surface area contributed by atoms with Crippen LogP contribution in [0.15, 0.2) is 0 Å². The molecular weight excluding hydrogens is 380 g/mol. The van der Waals surface area contributed by atoms with Crippen molar-refractivity contribution < 1.29 is 28.8 Å². The van der Waals surface area contributed by atoms with Gasteiger partial charge in [0.1, 0.15) is 9.88 Å². The Bertz CT molecular complexity index is 693. The maximum atomic E-state index is 12.5. The molecule has 1 saturated heterocycles. The summed E-state index contributed by atoms with van der Waals surface area (Å²) in [4.78, 5) is 38.8. The van der Waals surface area contributed by atoms with Crippen LogP contribution >= 0.6 is 11.3 Å². The average molecular weight is 412 g/mol. The average Bonchev–Trinajstić information content (AvgIpc) is 2.83. The molecule has 0 aromatic carbocycles. The second-order valence-corrected chi connectivity index (χ2v) is 7.93. The number of amides is 1. The fourth-order valence-corrected chi connectivity index (χ4v) is 4.50. The number of carbonyl (C=O) groups excluding carboxylic acids is 3. The van der Waals surface area contributed by atoms with Gasteiger partial charge in [0.25, 0.3) is 0 Å². The molecule has 2 N–H and O–H groups in total. The normalized spacial score (nSPS) is 15.0. The number of hydrogen-bond donors (Lipinski definition) is 2. The highest BCUT2D eigenvalue weighted by Crippen LogP contribution is 2.34. The van der Waals surface area contributed by atoms with Crippen LogP contribution in [-0.2, 0) is 14.3 Å². The van der Waals surface area contributed by atoms with Crippen molar-refractivity contribution in [2.24, 2.45) is 0 Å². The van der Waals surface area contributed by atoms with E-state index in [2.05, 4.69) is 5.32 Å². The van der Waals surface area contributed by atoms with E-state index >= 15 is 0 Å². The number of carbonyl (C=O) groups is 3. The van der Waals surface area contributed by atoms with Crippen LogP contribution in [0.1, 0.15) is 71.5 Å². The van der Waals surface area contributed by atoms with Gasteiger partial charge in [-0.25, -0.2) is 9.59 Å². The smallest absolute Gasteiger partial charge is 0.348 e. The summed E-state index contributed by atoms with van der Waals surface area (Å²) >= 11 is 1.07. The summed E-state index contributed by atoms with van der Waals surface area (Å²) in [6.07, 6.45) is 5.32. The van der Waals surface area contributed by atoms with Crippen LogP contribution < -0.4 is 10.2 Å². The third-order valence-electron chi connectivity index (χ3n) is 4.86. The number of ether oxygens (including phenoxy) is 2. The first-order chi connectivity index (χ1) is 13.5. The Kier molecular flexibility index (Phi) is 8.92. The Hall–Kier alpha value is -1.93. The third-order valence-corrected chi connectivity index (χ3v) is 6.04. The molecule has 1 aromatic heterocycles. The minimum absolute atomic E-state index is 0.154. The largest absolute Gasteiger partial charge is 0.462 e. The standard InChI is InChI=1S/C20H30N2O5S/c1-4-26-19(24)16-14(3)17(20(25)27-5-2)28-18(16)21-15(23)10-13-22-11-8-6-7-9-12-22/h4-13H2,1-3H3,(H,21,23)/p+1. The van der Waals surface area contributed by atoms with E-state index in [-0.39, 0.29) is 24.7 Å². The monoisotopic (exact) mass is 411 g/mol. The molecule has 2 heterocycles. The maximum absolute atomic E-state index is 12.5. The Balaban J connectivity index is 2.10. The first-order valence-electron chi connectivity index (χ1n) is 10.1. The molecule has 1 aromatic rings. The lowest BCUT2D eigenvalue weighted by Crippen LogP contribution is -3.12. The fourth-order valence-electron chi connectivity index (χ4n) is 3.40. The quantitative estimate of drug-likeness (QED) is 0.641. The van der Waals surface area contributed by atoms with E-state index in [1.165, 1.54) is 30.6 Å². The highest BCUT2D eigenvalue weighted by atomic mass is 32.1. The molecule has 28 heavy (non-hydrogen) atoms. The SMILES string of the molecule is CCOC(=O)c1sc(NC(=O)CC[NH+]2CCCCCC2)c(C(=O)OCC)c1C. The second-order valence-electron chi connectivity index (χ2n) is 6.91. The van der Waals surface area contributed by atoms with Crippen molar-refractivity contribution in [3.05, 3.63) is 16.0 Å². The van der Waals surface area contributed by atoms with Crippen LogP contribution in [0, 0.1) is 6.92 Å². The van der Waals surface area contributed by atoms with E-state index in [1.54, 1.807) is 20.8 Å². The number of thiophene rings is 1. The number of quaternary nitrogens is 1. The van der Waals surface area contributed by atoms with Crippen molar-refractivity contribution in [2.45, 2.75) is 52.9 Å². The van der Waals surface area contributed by atoms with Gasteiger partial charge in [0, 0.05) is 0 Å². The molecule has 1 aliphatic rings. The summed E-state index contributed by atoms with van der Waals surface area (Å²) in [5.41, 5.74) is 0.723. The van der Waals surface area contributed by atoms with Crippen molar-refractivity contribution in [1.29, 1.82) is 0 Å². The van der Waals surface area contributed by atoms with Crippen molar-refractivity contribution in [3.8, 4) is 0 Å². The highest BCUT2D eigenvalue weighted by Gasteiger charge is 2.27. The zero-order chi connectivity index (χ0) is 20.5. The Morgan fingerprint density at radius 1 is 1.00 bits per heavy atom. The summed E-state index contributed by atoms with van der Waals surface area (Å²) in [6, 6.07) is 0. The Morgan fingerprint density at radius 2 is 1.61 bits per heavy atom. The third kappa shape index (κ3) is 6.04. The van der Waals surface area contributed by atoms with Crippen LogP contribution in [-0.4, -0.2) is 50.7 Å². The lowest BCUT2D eigenvalue weighted by molar-refractivity contribution is -0.898. The lowest BCUT2D eigenvalue weighted by atomic mass is 10.1. The van der Waals surface area contributed by atoms with E-state index in [9.17, 15) is 14.4 Å². The van der Waals surface area contributed by atoms with E-state index in [1.807, 2.05) is 0 Å². The van der Waals surface area contributed by atoms with E-state index in [0.717, 1.165) is 31.0 Å². The van der Waals surface area contributed by atoms with Crippen molar-refractivity contribution >= 4 is 34.2 Å². The van der Waals surface area contributed by atoms with Gasteiger partial charge in [-0.15, -0.1) is 11.3 Å². The zero-order valence-electron chi connectivity index (χ0n) is 17.0. The number of anilines is 1. The Labute approximate surface area is 170 Å². The molecule has 0 radical (unpaired) electrons. The number of hydrogen-bond acceptors (Lipinski definition) is 6. The van der Waals surface area contributed by atoms with Gasteiger partial charge in [-0.05, 0) is 52.0 Å². The predicted octanol–water partition coefficient (Wildman–Crippen LogP) is 2.20. The molecule has 0 saturated carbocycles. The van der Waals surface area contributed by atoms with Gasteiger partial charge in [-0.3, -0.25) is 4.79 Å². The minimum atomic E-state index is -0.541. The fraction of sp³-hybridized carbons (Fsp3) is 0.650. The van der Waals surface area contributed by atoms with Gasteiger partial charge in [0.15, 0.2) is 0 Å². The van der Waals surface area contributed by atoms with Gasteiger partial charge in [0.05, 0.1) is 44.8 Å². The number of likely N-dealkylation sites (tertiary alicyclic amines) is 1. The number of esters is 2. The van der Waals surface area contributed by atoms with Crippen LogP contribution in [0.5, 0.6) is 0 Å². The van der Waals surface area contributed by atoms with Gasteiger partial charge in [-0.2, -0.15) is 0 Å². The first kappa shape index (κ1) is 22.4. The van der Waals surface area contributed by atoms with Crippen molar-refractivity contribution in [3.63, 3.8) is 0 Å². The molecule has 8 heteroatoms. The maximum Gasteiger partial charge on any atom is 0.348 e. The lowest BCUT2D eigenvalue weighted by Gasteiger charge is -2.16. The zero-order valence-corrected chi connectivity index (χ0v) is 17.8. The van der Waals surface area contributed by atoms with Gasteiger partial charge in [-0.1, -0.05) is 0 Å². The molecular formula is C20H31N2O5S+. The van der Waals surface area contributed by atoms with E-state index in [0.29, 0.717) is 21.9 Å². The van der Waals surface area contributed by atoms with Crippen molar-refractivity contribution in [2.75, 3.05) is 38.2 Å². The van der Waals surface area contributed by atoms with Crippen LogP contribution in [0.3, 0.4) is 0 Å². The highest BCUT2D eigenvalue weighted by molar-refractivity contribution is 7.18. The molecule has 0 unspecified atom stereocenters. The molecule has 1 fully saturated rings. The molecule has 156 valence electrons. The second kappa shape index (κ2) is 11.2. The first-order valence-corrected chi connectivity index (χ1v) is 10.9. The molecule has 0 atom stereocenters. The molecule has 1 aliphatic heterocycles. The molecule has 0 aliphatic carbocycles. The molecule has 0 spiro atoms. The minimum Gasteiger partial charge on any atom is -0.462 e. The van der Waals surface area contributed by atoms with Crippen LogP contribution in [0.25, 0.3) is 0 Å². The van der Waals surface area contributed by atoms with Gasteiger partial charge >= 0.3 is 11.9 Å². The van der Waals surface area contributed by atoms with Gasteiger partial charge in [0.2, 0.25) is 5.91 Å². The topological polar surface area (TPSA) is 86.1 Å². The van der Waals surface area contributed by atoms with Gasteiger partial charge < -0.3 is 19.7 Å². The summed E-state index contributed by atoms with van der Waals surface area (Å²) in [7, 11) is 0. The molecule has 1 amide bonds. The Morgan fingerprint density at radius 3 is 2.21 bits per heavy atom. The summed E-state index contributed by atoms with van der Waals surface area (Å²) < 4.78 is 10.2. The van der Waals surface area contributed by atoms with Crippen molar-refractivity contribution in [1.82, 2.24) is 0 Å². The molecule has 2 rings (SSSR count). The van der Waals surface area contributed by atoms with Crippen LogP contribution in [0.2, 0.25) is 0 Å². The number of rotatable bonds is 8. The van der Waals surface area contributed by atoms with E-state index < -0.39 is 11.9 Å². The van der Waals surface area contributed by atoms with Crippen LogP contribution in [0.4, 0.5) is 5.00 Å².